The van der Waals surface area contributed by atoms with Gasteiger partial charge in [0.1, 0.15) is 12.1 Å². The molecule has 0 amide bonds. The smallest absolute Gasteiger partial charge is 0.234 e. The van der Waals surface area contributed by atoms with Crippen LogP contribution < -0.4 is 9.80 Å². The number of piperazine rings is 2. The van der Waals surface area contributed by atoms with Crippen LogP contribution in [0, 0.1) is 22.7 Å². The van der Waals surface area contributed by atoms with Gasteiger partial charge in [0.2, 0.25) is 34.9 Å². The van der Waals surface area contributed by atoms with E-state index < -0.39 is 0 Å². The normalized spacial score (nSPS) is 21.7. The van der Waals surface area contributed by atoms with Crippen LogP contribution in [0.5, 0.6) is 0 Å². The molecule has 0 radical (unpaired) electrons. The Morgan fingerprint density at radius 3 is 1.39 bits per heavy atom. The molecule has 4 aliphatic rings. The molecule has 4 heterocycles. The molecule has 0 unspecified atom stereocenters. The van der Waals surface area contributed by atoms with Crippen molar-refractivity contribution in [3.05, 3.63) is 35.3 Å². The van der Waals surface area contributed by atoms with Crippen molar-refractivity contribution in [2.75, 3.05) is 75.2 Å². The summed E-state index contributed by atoms with van der Waals surface area (Å²) in [5.41, 5.74) is 0.863. The summed E-state index contributed by atoms with van der Waals surface area (Å²) in [6.07, 6.45) is 8.98. The van der Waals surface area contributed by atoms with Gasteiger partial charge in [-0.25, -0.2) is 9.97 Å². The van der Waals surface area contributed by atoms with E-state index >= 15 is 0 Å². The minimum absolute atomic E-state index is 0.414. The summed E-state index contributed by atoms with van der Waals surface area (Å²) in [5.74, 6) is 3.62. The molecule has 0 N–H and O–H groups in total. The number of hydrogen-bond acceptors (Lipinski definition) is 10. The summed E-state index contributed by atoms with van der Waals surface area (Å²) >= 11 is 0. The van der Waals surface area contributed by atoms with Gasteiger partial charge in [-0.3, -0.25) is 9.80 Å². The Kier molecular flexibility index (Phi) is 6.39. The fraction of sp³-hybridized carbons (Fsp3) is 0.615. The monoisotopic (exact) mass is 488 g/mol. The van der Waals surface area contributed by atoms with E-state index in [1.165, 1.54) is 0 Å². The Morgan fingerprint density at radius 2 is 1.06 bits per heavy atom. The molecule has 10 nitrogen and oxygen atoms in total. The number of aromatic nitrogens is 2. The fourth-order valence-corrected chi connectivity index (χ4v) is 4.95. The predicted octanol–water partition coefficient (Wildman–Crippen LogP) is 2.66. The largest absolute Gasteiger partial charge is 0.423 e. The van der Waals surface area contributed by atoms with Crippen LogP contribution >= 0.6 is 0 Å². The van der Waals surface area contributed by atoms with Crippen LogP contribution in [0.15, 0.2) is 21.0 Å². The quantitative estimate of drug-likeness (QED) is 0.514. The van der Waals surface area contributed by atoms with Gasteiger partial charge in [-0.05, 0) is 25.7 Å². The van der Waals surface area contributed by atoms with E-state index in [0.29, 0.717) is 35.0 Å². The maximum atomic E-state index is 9.44. The standard InChI is InChI=1S/C26H32N8O2/c27-17-21-25(35-23(29-21)19-3-4-19)33-13-9-31(10-14-33)7-1-2-8-32-11-15-34(16-12-32)26-22(18-28)30-24(36-26)20-5-6-20/h1-2,19-20H,3-16H2/b2-1+. The zero-order valence-electron chi connectivity index (χ0n) is 20.6. The topological polar surface area (TPSA) is 113 Å². The number of rotatable bonds is 8. The van der Waals surface area contributed by atoms with E-state index in [0.717, 1.165) is 103 Å². The second-order valence-corrected chi connectivity index (χ2v) is 10.2. The van der Waals surface area contributed by atoms with Gasteiger partial charge in [0.05, 0.1) is 0 Å². The summed E-state index contributed by atoms with van der Waals surface area (Å²) in [6, 6.07) is 4.41. The van der Waals surface area contributed by atoms with Gasteiger partial charge in [-0.1, -0.05) is 12.2 Å². The molecule has 188 valence electrons. The van der Waals surface area contributed by atoms with Crippen LogP contribution in [0.1, 0.15) is 60.7 Å². The molecule has 36 heavy (non-hydrogen) atoms. The molecule has 6 rings (SSSR count). The van der Waals surface area contributed by atoms with Crippen molar-refractivity contribution in [2.24, 2.45) is 0 Å². The van der Waals surface area contributed by atoms with Crippen LogP contribution in [0.3, 0.4) is 0 Å². The summed E-state index contributed by atoms with van der Waals surface area (Å²) < 4.78 is 11.9. The maximum absolute atomic E-state index is 9.44. The molecule has 10 heteroatoms. The highest BCUT2D eigenvalue weighted by Crippen LogP contribution is 2.42. The lowest BCUT2D eigenvalue weighted by atomic mass is 10.2. The first-order valence-electron chi connectivity index (χ1n) is 13.1. The third kappa shape index (κ3) is 4.97. The lowest BCUT2D eigenvalue weighted by Gasteiger charge is -2.34. The fourth-order valence-electron chi connectivity index (χ4n) is 4.95. The minimum Gasteiger partial charge on any atom is -0.423 e. The summed E-state index contributed by atoms with van der Waals surface area (Å²) in [5, 5.41) is 18.9. The van der Waals surface area contributed by atoms with Gasteiger partial charge in [0, 0.05) is 77.3 Å². The zero-order chi connectivity index (χ0) is 24.5. The van der Waals surface area contributed by atoms with Crippen molar-refractivity contribution in [3.63, 3.8) is 0 Å². The Hall–Kier alpha value is -3.34. The molecular weight excluding hydrogens is 456 g/mol. The molecule has 0 aromatic carbocycles. The average molecular weight is 489 g/mol. The first-order valence-corrected chi connectivity index (χ1v) is 13.1. The highest BCUT2D eigenvalue weighted by molar-refractivity contribution is 5.49. The highest BCUT2D eigenvalue weighted by Gasteiger charge is 2.33. The molecule has 4 fully saturated rings. The van der Waals surface area contributed by atoms with Gasteiger partial charge < -0.3 is 18.6 Å². The molecule has 2 aliphatic carbocycles. The van der Waals surface area contributed by atoms with Crippen LogP contribution in [-0.4, -0.2) is 85.2 Å². The van der Waals surface area contributed by atoms with Gasteiger partial charge >= 0.3 is 0 Å². The maximum Gasteiger partial charge on any atom is 0.234 e. The lowest BCUT2D eigenvalue weighted by Crippen LogP contribution is -2.47. The van der Waals surface area contributed by atoms with Gasteiger partial charge in [-0.2, -0.15) is 10.5 Å². The first kappa shape index (κ1) is 23.1. The van der Waals surface area contributed by atoms with Crippen molar-refractivity contribution in [1.82, 2.24) is 19.8 Å². The van der Waals surface area contributed by atoms with Crippen molar-refractivity contribution >= 4 is 11.8 Å². The van der Waals surface area contributed by atoms with Gasteiger partial charge in [0.15, 0.2) is 0 Å². The molecule has 2 aromatic heterocycles. The molecule has 0 bridgehead atoms. The zero-order valence-corrected chi connectivity index (χ0v) is 20.6. The minimum atomic E-state index is 0.414. The van der Waals surface area contributed by atoms with E-state index in [4.69, 9.17) is 8.83 Å². The third-order valence-electron chi connectivity index (χ3n) is 7.53. The van der Waals surface area contributed by atoms with Gasteiger partial charge in [0.25, 0.3) is 0 Å². The number of hydrogen-bond donors (Lipinski definition) is 0. The number of nitriles is 2. The molecule has 0 spiro atoms. The second kappa shape index (κ2) is 9.96. The van der Waals surface area contributed by atoms with Crippen LogP contribution in [0.4, 0.5) is 11.8 Å². The number of anilines is 2. The van der Waals surface area contributed by atoms with Crippen molar-refractivity contribution in [3.8, 4) is 12.1 Å². The SMILES string of the molecule is N#Cc1nc(C2CC2)oc1N1CCN(C/C=C/CN2CCN(c3oc(C4CC4)nc3C#N)CC2)CC1. The van der Waals surface area contributed by atoms with E-state index in [1.807, 2.05) is 0 Å². The molecular formula is C26H32N8O2. The van der Waals surface area contributed by atoms with E-state index in [9.17, 15) is 10.5 Å². The Balaban J connectivity index is 0.927. The molecule has 2 aliphatic heterocycles. The Bertz CT molecular complexity index is 1090. The Morgan fingerprint density at radius 1 is 0.667 bits per heavy atom. The summed E-state index contributed by atoms with van der Waals surface area (Å²) in [6.45, 7) is 8.99. The van der Waals surface area contributed by atoms with E-state index in [2.05, 4.69) is 53.9 Å². The first-order chi connectivity index (χ1) is 17.7. The summed E-state index contributed by atoms with van der Waals surface area (Å²) in [7, 11) is 0. The van der Waals surface area contributed by atoms with Crippen LogP contribution in [-0.2, 0) is 0 Å². The third-order valence-corrected chi connectivity index (χ3v) is 7.53. The van der Waals surface area contributed by atoms with Crippen molar-refractivity contribution in [1.29, 1.82) is 10.5 Å². The summed E-state index contributed by atoms with van der Waals surface area (Å²) in [4.78, 5) is 18.0. The lowest BCUT2D eigenvalue weighted by molar-refractivity contribution is 0.271. The predicted molar refractivity (Wildman–Crippen MR) is 133 cm³/mol. The Labute approximate surface area is 211 Å². The average Bonchev–Trinajstić information content (AvgIpc) is 3.86. The number of nitrogens with zero attached hydrogens (tertiary/aromatic N) is 8. The van der Waals surface area contributed by atoms with Crippen molar-refractivity contribution < 1.29 is 8.83 Å². The molecule has 2 saturated carbocycles. The number of oxazole rings is 2. The van der Waals surface area contributed by atoms with Crippen LogP contribution in [0.25, 0.3) is 0 Å². The van der Waals surface area contributed by atoms with E-state index in [-0.39, 0.29) is 0 Å². The van der Waals surface area contributed by atoms with Crippen LogP contribution in [0.2, 0.25) is 0 Å². The van der Waals surface area contributed by atoms with Gasteiger partial charge in [-0.15, -0.1) is 0 Å². The molecule has 2 aromatic rings. The highest BCUT2D eigenvalue weighted by atomic mass is 16.4. The van der Waals surface area contributed by atoms with E-state index in [1.54, 1.807) is 0 Å². The molecule has 2 saturated heterocycles. The second-order valence-electron chi connectivity index (χ2n) is 10.2. The molecule has 0 atom stereocenters. The van der Waals surface area contributed by atoms with Crippen molar-refractivity contribution in [2.45, 2.75) is 37.5 Å².